The Morgan fingerprint density at radius 3 is 2.65 bits per heavy atom. The first kappa shape index (κ1) is 24.4. The number of ether oxygens (including phenoxy) is 1. The fraction of sp³-hybridized carbons (Fsp3) is 0.143. The van der Waals surface area contributed by atoms with E-state index in [1.54, 1.807) is 25.1 Å². The van der Waals surface area contributed by atoms with Crippen molar-refractivity contribution in [2.75, 3.05) is 17.7 Å². The van der Waals surface area contributed by atoms with E-state index in [-0.39, 0.29) is 27.7 Å². The van der Waals surface area contributed by atoms with Crippen LogP contribution in [0.2, 0.25) is 5.02 Å². The minimum atomic E-state index is -3.91. The zero-order valence-electron chi connectivity index (χ0n) is 17.9. The van der Waals surface area contributed by atoms with Crippen molar-refractivity contribution in [1.82, 2.24) is 4.98 Å². The van der Waals surface area contributed by atoms with Gasteiger partial charge in [0, 0.05) is 21.5 Å². The molecule has 13 heteroatoms. The topological polar surface area (TPSA) is 130 Å². The summed E-state index contributed by atoms with van der Waals surface area (Å²) in [6.07, 6.45) is 2.05. The highest BCUT2D eigenvalue weighted by Gasteiger charge is 2.26. The van der Waals surface area contributed by atoms with Crippen LogP contribution < -0.4 is 4.31 Å². The maximum Gasteiger partial charge on any atom is 0.360 e. The Bertz CT molecular complexity index is 1560. The van der Waals surface area contributed by atoms with Crippen LogP contribution in [0.4, 0.5) is 10.7 Å². The molecule has 0 spiro atoms. The second-order valence-electron chi connectivity index (χ2n) is 7.17. The highest BCUT2D eigenvalue weighted by molar-refractivity contribution is 7.91. The van der Waals surface area contributed by atoms with Crippen LogP contribution in [0.3, 0.4) is 0 Å². The molecule has 0 bridgehead atoms. The first-order valence-electron chi connectivity index (χ1n) is 9.47. The molecule has 178 valence electrons. The lowest BCUT2D eigenvalue weighted by atomic mass is 10.1. The smallest absolute Gasteiger partial charge is 0.360 e. The van der Waals surface area contributed by atoms with Crippen molar-refractivity contribution in [3.05, 3.63) is 58.9 Å². The first-order chi connectivity index (χ1) is 16.0. The zero-order valence-corrected chi connectivity index (χ0v) is 21.1. The predicted molar refractivity (Wildman–Crippen MR) is 129 cm³/mol. The maximum absolute atomic E-state index is 12.7. The number of benzene rings is 2. The monoisotopic (exact) mass is 539 g/mol. The van der Waals surface area contributed by atoms with Crippen LogP contribution in [0.15, 0.2) is 52.0 Å². The number of rotatable bonds is 6. The van der Waals surface area contributed by atoms with Crippen molar-refractivity contribution in [1.29, 1.82) is 0 Å². The number of oxazole rings is 1. The van der Waals surface area contributed by atoms with E-state index in [4.69, 9.17) is 16.0 Å². The SMILES string of the molecule is COC(=O)c1coc(-c2ccc(N(c3sc4ccc(Cl)cc4c3C)S(=O)[O-])c(S(C)(=O)=O)c2)n1. The van der Waals surface area contributed by atoms with Gasteiger partial charge < -0.3 is 13.7 Å². The van der Waals surface area contributed by atoms with Crippen LogP contribution in [0.5, 0.6) is 0 Å². The summed E-state index contributed by atoms with van der Waals surface area (Å²) < 4.78 is 61.7. The molecule has 1 atom stereocenters. The molecule has 0 saturated heterocycles. The van der Waals surface area contributed by atoms with Crippen molar-refractivity contribution in [3.8, 4) is 11.5 Å². The van der Waals surface area contributed by atoms with Crippen LogP contribution in [0.1, 0.15) is 16.1 Å². The molecule has 0 radical (unpaired) electrons. The summed E-state index contributed by atoms with van der Waals surface area (Å²) in [4.78, 5) is 15.4. The van der Waals surface area contributed by atoms with Gasteiger partial charge in [-0.1, -0.05) is 11.6 Å². The van der Waals surface area contributed by atoms with E-state index in [0.29, 0.717) is 15.6 Å². The third kappa shape index (κ3) is 4.46. The largest absolute Gasteiger partial charge is 0.755 e. The molecule has 0 fully saturated rings. The van der Waals surface area contributed by atoms with Crippen molar-refractivity contribution >= 4 is 70.8 Å². The van der Waals surface area contributed by atoms with Gasteiger partial charge in [0.25, 0.3) is 0 Å². The molecule has 0 aliphatic rings. The maximum atomic E-state index is 12.7. The molecule has 2 aromatic heterocycles. The number of halogens is 1. The van der Waals surface area contributed by atoms with Crippen molar-refractivity contribution in [3.63, 3.8) is 0 Å². The average molecular weight is 540 g/mol. The Hall–Kier alpha value is -2.77. The third-order valence-corrected chi connectivity index (χ3v) is 8.34. The standard InChI is InChI=1S/C21H17ClN2O7S3/c1-11-14-9-13(22)5-7-17(14)32-20(11)24(33(26)27)16-6-4-12(8-18(16)34(3,28)29)19-23-15(10-31-19)21(25)30-2/h4-10H,1-3H3,(H,26,27)/p-1. The predicted octanol–water partition coefficient (Wildman–Crippen LogP) is 4.64. The van der Waals surface area contributed by atoms with Crippen molar-refractivity contribution in [2.24, 2.45) is 0 Å². The van der Waals surface area contributed by atoms with E-state index in [1.165, 1.54) is 36.6 Å². The summed E-state index contributed by atoms with van der Waals surface area (Å²) in [6, 6.07) is 9.23. The van der Waals surface area contributed by atoms with Crippen LogP contribution in [0.25, 0.3) is 21.5 Å². The fourth-order valence-electron chi connectivity index (χ4n) is 3.35. The van der Waals surface area contributed by atoms with Crippen LogP contribution in [0, 0.1) is 6.92 Å². The molecule has 0 saturated carbocycles. The molecule has 2 aromatic carbocycles. The van der Waals surface area contributed by atoms with Gasteiger partial charge in [-0.2, -0.15) is 0 Å². The number of hydrogen-bond acceptors (Lipinski definition) is 9. The van der Waals surface area contributed by atoms with E-state index >= 15 is 0 Å². The Morgan fingerprint density at radius 2 is 2.00 bits per heavy atom. The number of carbonyl (C=O) groups excluding carboxylic acids is 1. The first-order valence-corrected chi connectivity index (χ1v) is 13.6. The molecule has 4 rings (SSSR count). The second kappa shape index (κ2) is 9.12. The summed E-state index contributed by atoms with van der Waals surface area (Å²) in [7, 11) is -2.72. The molecule has 9 nitrogen and oxygen atoms in total. The van der Waals surface area contributed by atoms with Gasteiger partial charge in [0.15, 0.2) is 15.5 Å². The number of aromatic nitrogens is 1. The van der Waals surface area contributed by atoms with E-state index < -0.39 is 27.1 Å². The average Bonchev–Trinajstić information content (AvgIpc) is 3.39. The van der Waals surface area contributed by atoms with Crippen molar-refractivity contribution in [2.45, 2.75) is 11.8 Å². The zero-order chi connectivity index (χ0) is 24.8. The van der Waals surface area contributed by atoms with Gasteiger partial charge in [-0.05, 0) is 54.3 Å². The fourth-order valence-corrected chi connectivity index (χ4v) is 6.46. The number of carbonyl (C=O) groups is 1. The van der Waals surface area contributed by atoms with Crippen LogP contribution in [-0.4, -0.2) is 41.5 Å². The Balaban J connectivity index is 1.90. The van der Waals surface area contributed by atoms with Gasteiger partial charge in [0.2, 0.25) is 5.89 Å². The lowest BCUT2D eigenvalue weighted by Crippen LogP contribution is -2.21. The molecular weight excluding hydrogens is 524 g/mol. The highest BCUT2D eigenvalue weighted by Crippen LogP contribution is 2.44. The minimum Gasteiger partial charge on any atom is -0.755 e. The van der Waals surface area contributed by atoms with Gasteiger partial charge in [0.05, 0.1) is 29.0 Å². The quantitative estimate of drug-likeness (QED) is 0.256. The van der Waals surface area contributed by atoms with Gasteiger partial charge in [-0.15, -0.1) is 11.3 Å². The number of hydrogen-bond donors (Lipinski definition) is 0. The number of esters is 1. The molecule has 2 heterocycles. The number of methoxy groups -OCH3 is 1. The number of aryl methyl sites for hydroxylation is 1. The summed E-state index contributed by atoms with van der Waals surface area (Å²) >= 11 is 4.44. The molecule has 0 aliphatic heterocycles. The normalized spacial score (nSPS) is 12.6. The number of nitrogens with zero attached hydrogens (tertiary/aromatic N) is 2. The number of fused-ring (bicyclic) bond motifs is 1. The minimum absolute atomic E-state index is 0.0284. The number of sulfone groups is 1. The molecule has 4 aromatic rings. The lowest BCUT2D eigenvalue weighted by Gasteiger charge is -2.27. The van der Waals surface area contributed by atoms with Crippen LogP contribution in [-0.2, 0) is 25.8 Å². The van der Waals surface area contributed by atoms with Gasteiger partial charge in [-0.3, -0.25) is 8.51 Å². The van der Waals surface area contributed by atoms with E-state index in [0.717, 1.165) is 26.9 Å². The summed E-state index contributed by atoms with van der Waals surface area (Å²) in [5.74, 6) is -0.748. The highest BCUT2D eigenvalue weighted by atomic mass is 35.5. The van der Waals surface area contributed by atoms with Gasteiger partial charge in [-0.25, -0.2) is 18.2 Å². The molecule has 0 amide bonds. The summed E-state index contributed by atoms with van der Waals surface area (Å²) in [5, 5.41) is 1.58. The number of anilines is 2. The Kier molecular flexibility index (Phi) is 6.53. The molecule has 34 heavy (non-hydrogen) atoms. The molecule has 0 aliphatic carbocycles. The summed E-state index contributed by atoms with van der Waals surface area (Å²) in [5.41, 5.74) is 0.700. The van der Waals surface area contributed by atoms with Crippen molar-refractivity contribution < 1.29 is 31.1 Å². The molecule has 1 unspecified atom stereocenters. The Morgan fingerprint density at radius 1 is 1.26 bits per heavy atom. The third-order valence-electron chi connectivity index (χ3n) is 4.93. The van der Waals surface area contributed by atoms with Gasteiger partial charge in [0.1, 0.15) is 11.3 Å². The van der Waals surface area contributed by atoms with E-state index in [1.807, 2.05) is 0 Å². The Labute approximate surface area is 206 Å². The van der Waals surface area contributed by atoms with Gasteiger partial charge >= 0.3 is 5.97 Å². The molecular formula is C21H16ClN2O7S3-. The second-order valence-corrected chi connectivity index (χ2v) is 11.4. The van der Waals surface area contributed by atoms with Crippen LogP contribution >= 0.6 is 22.9 Å². The van der Waals surface area contributed by atoms with E-state index in [9.17, 15) is 22.0 Å². The molecule has 0 N–H and O–H groups in total. The lowest BCUT2D eigenvalue weighted by molar-refractivity contribution is 0.0594. The number of thiophene rings is 1. The summed E-state index contributed by atoms with van der Waals surface area (Å²) in [6.45, 7) is 1.74. The van der Waals surface area contributed by atoms with E-state index in [2.05, 4.69) is 9.72 Å².